The summed E-state index contributed by atoms with van der Waals surface area (Å²) >= 11 is 0. The second-order valence-corrected chi connectivity index (χ2v) is 5.89. The lowest BCUT2D eigenvalue weighted by Crippen LogP contribution is -2.15. The molecule has 148 valence electrons. The Morgan fingerprint density at radius 1 is 0.893 bits per heavy atom. The zero-order chi connectivity index (χ0) is 19.8. The second-order valence-electron chi connectivity index (χ2n) is 5.89. The van der Waals surface area contributed by atoms with Gasteiger partial charge in [0.15, 0.2) is 11.5 Å². The molecule has 28 heavy (non-hydrogen) atoms. The van der Waals surface area contributed by atoms with E-state index in [9.17, 15) is 9.90 Å². The van der Waals surface area contributed by atoms with Crippen molar-refractivity contribution in [3.8, 4) is 17.2 Å². The molecule has 0 aliphatic carbocycles. The Hall–Kier alpha value is -3.10. The molecule has 0 atom stereocenters. The number of phenols is 1. The largest absolute Gasteiger partial charge is 0.507 e. The number of aliphatic imine (C=N–C) groups is 1. The number of carbonyl (C=O) groups is 1. The van der Waals surface area contributed by atoms with E-state index in [4.69, 9.17) is 24.1 Å². The van der Waals surface area contributed by atoms with Crippen molar-refractivity contribution >= 4 is 17.9 Å². The highest BCUT2D eigenvalue weighted by Crippen LogP contribution is 2.32. The number of rotatable bonds is 3. The minimum Gasteiger partial charge on any atom is -0.507 e. The van der Waals surface area contributed by atoms with Crippen LogP contribution in [0.4, 0.5) is 5.69 Å². The number of carboxylic acids is 1. The summed E-state index contributed by atoms with van der Waals surface area (Å²) in [7, 11) is 0. The highest BCUT2D eigenvalue weighted by atomic mass is 16.6. The van der Waals surface area contributed by atoms with E-state index in [1.165, 1.54) is 18.3 Å². The van der Waals surface area contributed by atoms with Crippen molar-refractivity contribution in [3.63, 3.8) is 0 Å². The van der Waals surface area contributed by atoms with Crippen LogP contribution in [0.15, 0.2) is 41.4 Å². The smallest absolute Gasteiger partial charge is 0.339 e. The predicted molar refractivity (Wildman–Crippen MR) is 101 cm³/mol. The third kappa shape index (κ3) is 5.45. The molecular weight excluding hydrogens is 366 g/mol. The molecule has 8 heteroatoms. The van der Waals surface area contributed by atoms with E-state index in [0.29, 0.717) is 62.4 Å². The van der Waals surface area contributed by atoms with Crippen LogP contribution in [-0.4, -0.2) is 62.0 Å². The van der Waals surface area contributed by atoms with Gasteiger partial charge in [-0.3, -0.25) is 4.99 Å². The molecule has 2 N–H and O–H groups in total. The maximum Gasteiger partial charge on any atom is 0.339 e. The maximum atomic E-state index is 11.1. The van der Waals surface area contributed by atoms with Crippen LogP contribution in [-0.2, 0) is 9.47 Å². The Labute approximate surface area is 162 Å². The van der Waals surface area contributed by atoms with Crippen molar-refractivity contribution < 1.29 is 34.0 Å². The van der Waals surface area contributed by atoms with E-state index in [0.717, 1.165) is 0 Å². The van der Waals surface area contributed by atoms with Crippen molar-refractivity contribution in [1.29, 1.82) is 0 Å². The molecule has 0 fully saturated rings. The van der Waals surface area contributed by atoms with Gasteiger partial charge in [0.2, 0.25) is 0 Å². The van der Waals surface area contributed by atoms with E-state index in [2.05, 4.69) is 4.99 Å². The number of nitrogens with zero attached hydrogens (tertiary/aromatic N) is 1. The summed E-state index contributed by atoms with van der Waals surface area (Å²) in [5, 5.41) is 18.7. The SMILES string of the molecule is O=C(O)c1cc(C=Nc2ccc3c(c2)OCCOCCOCCO3)ccc1O. The van der Waals surface area contributed by atoms with Gasteiger partial charge in [0.25, 0.3) is 0 Å². The Morgan fingerprint density at radius 3 is 2.29 bits per heavy atom. The third-order valence-corrected chi connectivity index (χ3v) is 3.88. The molecular formula is C20H21NO7. The van der Waals surface area contributed by atoms with Gasteiger partial charge in [-0.15, -0.1) is 0 Å². The summed E-state index contributed by atoms with van der Waals surface area (Å²) in [5.41, 5.74) is 0.975. The number of benzene rings is 2. The molecule has 1 aliphatic heterocycles. The summed E-state index contributed by atoms with van der Waals surface area (Å²) in [6.45, 7) is 2.67. The van der Waals surface area contributed by atoms with Gasteiger partial charge in [0, 0.05) is 12.3 Å². The molecule has 1 heterocycles. The molecule has 0 radical (unpaired) electrons. The quantitative estimate of drug-likeness (QED) is 0.780. The fourth-order valence-electron chi connectivity index (χ4n) is 2.51. The summed E-state index contributed by atoms with van der Waals surface area (Å²) in [4.78, 5) is 15.5. The topological polar surface area (TPSA) is 107 Å². The van der Waals surface area contributed by atoms with E-state index >= 15 is 0 Å². The lowest BCUT2D eigenvalue weighted by molar-refractivity contribution is 0.0223. The average Bonchev–Trinajstić information content (AvgIpc) is 2.68. The number of hydrogen-bond donors (Lipinski definition) is 2. The number of hydrogen-bond acceptors (Lipinski definition) is 7. The minimum absolute atomic E-state index is 0.180. The van der Waals surface area contributed by atoms with Gasteiger partial charge in [0.1, 0.15) is 24.5 Å². The first-order valence-electron chi connectivity index (χ1n) is 8.79. The van der Waals surface area contributed by atoms with Gasteiger partial charge >= 0.3 is 5.97 Å². The number of aromatic carboxylic acids is 1. The van der Waals surface area contributed by atoms with Crippen molar-refractivity contribution in [1.82, 2.24) is 0 Å². The average molecular weight is 387 g/mol. The van der Waals surface area contributed by atoms with Crippen LogP contribution in [0, 0.1) is 0 Å². The Bertz CT molecular complexity index is 850. The van der Waals surface area contributed by atoms with E-state index in [1.54, 1.807) is 24.3 Å². The van der Waals surface area contributed by atoms with Crippen LogP contribution in [0.2, 0.25) is 0 Å². The first-order chi connectivity index (χ1) is 13.6. The normalized spacial score (nSPS) is 15.6. The van der Waals surface area contributed by atoms with Crippen molar-refractivity contribution in [2.24, 2.45) is 4.99 Å². The first-order valence-corrected chi connectivity index (χ1v) is 8.79. The van der Waals surface area contributed by atoms with Crippen LogP contribution in [0.5, 0.6) is 17.2 Å². The third-order valence-electron chi connectivity index (χ3n) is 3.88. The first kappa shape index (κ1) is 19.7. The molecule has 1 aliphatic rings. The standard InChI is InChI=1S/C20H21NO7/c22-17-3-1-14(11-16(17)20(23)24)13-21-15-2-4-18-19(12-15)28-10-8-26-6-5-25-7-9-27-18/h1-4,11-13,22H,5-10H2,(H,23,24). The molecule has 8 nitrogen and oxygen atoms in total. The van der Waals surface area contributed by atoms with Crippen LogP contribution >= 0.6 is 0 Å². The fraction of sp³-hybridized carbons (Fsp3) is 0.300. The molecule has 0 amide bonds. The highest BCUT2D eigenvalue weighted by Gasteiger charge is 2.10. The van der Waals surface area contributed by atoms with Crippen molar-refractivity contribution in [2.45, 2.75) is 0 Å². The van der Waals surface area contributed by atoms with Crippen LogP contribution in [0.1, 0.15) is 15.9 Å². The zero-order valence-corrected chi connectivity index (χ0v) is 15.2. The molecule has 0 saturated carbocycles. The molecule has 2 aromatic rings. The summed E-state index contributed by atoms with van der Waals surface area (Å²) in [6, 6.07) is 9.51. The van der Waals surface area contributed by atoms with Gasteiger partial charge < -0.3 is 29.2 Å². The van der Waals surface area contributed by atoms with Gasteiger partial charge in [0.05, 0.1) is 32.1 Å². The summed E-state index contributed by atoms with van der Waals surface area (Å²) in [5.74, 6) is -0.373. The minimum atomic E-state index is -1.20. The monoisotopic (exact) mass is 387 g/mol. The molecule has 0 spiro atoms. The second kappa shape index (κ2) is 9.72. The Morgan fingerprint density at radius 2 is 1.57 bits per heavy atom. The zero-order valence-electron chi connectivity index (χ0n) is 15.2. The van der Waals surface area contributed by atoms with Crippen LogP contribution in [0.3, 0.4) is 0 Å². The number of ether oxygens (including phenoxy) is 4. The lowest BCUT2D eigenvalue weighted by Gasteiger charge is -2.15. The number of fused-ring (bicyclic) bond motifs is 1. The van der Waals surface area contributed by atoms with Crippen LogP contribution in [0.25, 0.3) is 0 Å². The van der Waals surface area contributed by atoms with E-state index in [1.807, 2.05) is 0 Å². The molecule has 0 unspecified atom stereocenters. The Kier molecular flexibility index (Phi) is 6.83. The van der Waals surface area contributed by atoms with Crippen molar-refractivity contribution in [3.05, 3.63) is 47.5 Å². The van der Waals surface area contributed by atoms with Gasteiger partial charge in [-0.1, -0.05) is 0 Å². The number of carboxylic acid groups (broad SMARTS) is 1. The fourth-order valence-corrected chi connectivity index (χ4v) is 2.51. The number of aromatic hydroxyl groups is 1. The Balaban J connectivity index is 1.77. The van der Waals surface area contributed by atoms with Crippen LogP contribution < -0.4 is 9.47 Å². The molecule has 3 rings (SSSR count). The van der Waals surface area contributed by atoms with Gasteiger partial charge in [-0.05, 0) is 35.9 Å². The van der Waals surface area contributed by atoms with Gasteiger partial charge in [-0.25, -0.2) is 4.79 Å². The molecule has 0 saturated heterocycles. The maximum absolute atomic E-state index is 11.1. The molecule has 0 aromatic heterocycles. The van der Waals surface area contributed by atoms with Crippen molar-refractivity contribution in [2.75, 3.05) is 39.6 Å². The summed E-state index contributed by atoms with van der Waals surface area (Å²) in [6.07, 6.45) is 1.51. The highest BCUT2D eigenvalue weighted by molar-refractivity contribution is 5.94. The van der Waals surface area contributed by atoms with Gasteiger partial charge in [-0.2, -0.15) is 0 Å². The lowest BCUT2D eigenvalue weighted by atomic mass is 10.1. The van der Waals surface area contributed by atoms with E-state index < -0.39 is 5.97 Å². The van der Waals surface area contributed by atoms with E-state index in [-0.39, 0.29) is 11.3 Å². The molecule has 2 aromatic carbocycles. The molecule has 0 bridgehead atoms. The predicted octanol–water partition coefficient (Wildman–Crippen LogP) is 2.65. The summed E-state index contributed by atoms with van der Waals surface area (Å²) < 4.78 is 22.2.